The molecule has 1 heterocycles. The van der Waals surface area contributed by atoms with Crippen molar-refractivity contribution >= 4 is 44.3 Å². The minimum Gasteiger partial charge on any atom is -0.475 e. The van der Waals surface area contributed by atoms with Gasteiger partial charge in [0.2, 0.25) is 5.76 Å². The summed E-state index contributed by atoms with van der Waals surface area (Å²) in [6.45, 7) is 0.0647. The summed E-state index contributed by atoms with van der Waals surface area (Å²) in [6, 6.07) is 29.7. The van der Waals surface area contributed by atoms with Gasteiger partial charge in [-0.3, -0.25) is 4.31 Å². The molecule has 1 aromatic heterocycles. The minimum absolute atomic E-state index is 0.0647. The molecule has 0 saturated carbocycles. The van der Waals surface area contributed by atoms with E-state index in [1.54, 1.807) is 18.2 Å². The summed E-state index contributed by atoms with van der Waals surface area (Å²) in [7, 11) is -3.98. The van der Waals surface area contributed by atoms with Crippen LogP contribution in [0.1, 0.15) is 16.1 Å². The molecule has 5 aromatic rings. The second-order valence-electron chi connectivity index (χ2n) is 8.17. The van der Waals surface area contributed by atoms with E-state index in [0.717, 1.165) is 16.7 Å². The number of aromatic carboxylic acids is 1. The Morgan fingerprint density at radius 1 is 0.833 bits per heavy atom. The van der Waals surface area contributed by atoms with Crippen molar-refractivity contribution in [2.45, 2.75) is 11.4 Å². The lowest BCUT2D eigenvalue weighted by Gasteiger charge is -2.25. The van der Waals surface area contributed by atoms with Gasteiger partial charge >= 0.3 is 5.97 Å². The summed E-state index contributed by atoms with van der Waals surface area (Å²) in [4.78, 5) is 11.4. The van der Waals surface area contributed by atoms with Crippen molar-refractivity contribution in [2.24, 2.45) is 0 Å². The van der Waals surface area contributed by atoms with Crippen LogP contribution in [0.3, 0.4) is 0 Å². The molecule has 0 fully saturated rings. The molecule has 0 aliphatic heterocycles. The van der Waals surface area contributed by atoms with Gasteiger partial charge in [0.1, 0.15) is 5.58 Å². The normalized spacial score (nSPS) is 11.5. The predicted octanol–water partition coefficient (Wildman–Crippen LogP) is 6.85. The Morgan fingerprint density at radius 3 is 2.17 bits per heavy atom. The third-order valence-corrected chi connectivity index (χ3v) is 7.83. The standard InChI is InChI=1S/C28H20ClNO5S/c29-23-10-13-25(14-11-23)36(33,34)30(24-12-15-26-22(16-24)17-27(35-26)28(31)32)18-19-6-8-21(9-7-19)20-4-2-1-3-5-20/h1-17H,18H2,(H,31,32). The maximum Gasteiger partial charge on any atom is 0.371 e. The fourth-order valence-electron chi connectivity index (χ4n) is 3.94. The first-order chi connectivity index (χ1) is 17.3. The average molecular weight is 518 g/mol. The molecule has 0 amide bonds. The number of carboxylic acid groups (broad SMARTS) is 1. The van der Waals surface area contributed by atoms with E-state index in [1.807, 2.05) is 54.6 Å². The Morgan fingerprint density at radius 2 is 1.50 bits per heavy atom. The molecule has 0 bridgehead atoms. The van der Waals surface area contributed by atoms with E-state index < -0.39 is 16.0 Å². The Balaban J connectivity index is 1.56. The Bertz CT molecular complexity index is 1640. The van der Waals surface area contributed by atoms with Gasteiger partial charge < -0.3 is 9.52 Å². The first-order valence-electron chi connectivity index (χ1n) is 11.0. The summed E-state index contributed by atoms with van der Waals surface area (Å²) in [5.74, 6) is -1.41. The van der Waals surface area contributed by atoms with E-state index in [1.165, 1.54) is 34.6 Å². The Labute approximate surface area is 213 Å². The number of furan rings is 1. The van der Waals surface area contributed by atoms with Crippen LogP contribution in [0.15, 0.2) is 112 Å². The van der Waals surface area contributed by atoms with Gasteiger partial charge in [-0.05, 0) is 65.2 Å². The number of rotatable bonds is 7. The number of carbonyl (C=O) groups is 1. The van der Waals surface area contributed by atoms with Crippen molar-refractivity contribution < 1.29 is 22.7 Å². The van der Waals surface area contributed by atoms with Crippen molar-refractivity contribution in [2.75, 3.05) is 4.31 Å². The highest BCUT2D eigenvalue weighted by Gasteiger charge is 2.26. The molecule has 5 rings (SSSR count). The molecular formula is C28H20ClNO5S. The van der Waals surface area contributed by atoms with Crippen molar-refractivity contribution in [3.63, 3.8) is 0 Å². The van der Waals surface area contributed by atoms with Gasteiger partial charge in [-0.1, -0.05) is 66.2 Å². The summed E-state index contributed by atoms with van der Waals surface area (Å²) >= 11 is 5.98. The quantitative estimate of drug-likeness (QED) is 0.255. The smallest absolute Gasteiger partial charge is 0.371 e. The molecule has 0 radical (unpaired) electrons. The number of fused-ring (bicyclic) bond motifs is 1. The Hall–Kier alpha value is -4.07. The fraction of sp³-hybridized carbons (Fsp3) is 0.0357. The third kappa shape index (κ3) is 4.71. The van der Waals surface area contributed by atoms with Crippen molar-refractivity contribution in [1.29, 1.82) is 0 Å². The first kappa shape index (κ1) is 23.7. The highest BCUT2D eigenvalue weighted by molar-refractivity contribution is 7.92. The third-order valence-electron chi connectivity index (χ3n) is 5.79. The molecule has 4 aromatic carbocycles. The molecule has 0 unspecified atom stereocenters. The number of benzene rings is 4. The second-order valence-corrected chi connectivity index (χ2v) is 10.5. The monoisotopic (exact) mass is 517 g/mol. The molecule has 0 atom stereocenters. The summed E-state index contributed by atoms with van der Waals surface area (Å²) in [5.41, 5.74) is 3.60. The van der Waals surface area contributed by atoms with E-state index in [-0.39, 0.29) is 17.2 Å². The first-order valence-corrected chi connectivity index (χ1v) is 12.8. The van der Waals surface area contributed by atoms with Crippen LogP contribution in [-0.2, 0) is 16.6 Å². The van der Waals surface area contributed by atoms with Gasteiger partial charge in [0.25, 0.3) is 10.0 Å². The molecule has 1 N–H and O–H groups in total. The topological polar surface area (TPSA) is 87.8 Å². The molecule has 0 aliphatic carbocycles. The largest absolute Gasteiger partial charge is 0.475 e. The summed E-state index contributed by atoms with van der Waals surface area (Å²) in [5, 5.41) is 10.2. The number of nitrogens with zero attached hydrogens (tertiary/aromatic N) is 1. The predicted molar refractivity (Wildman–Crippen MR) is 140 cm³/mol. The van der Waals surface area contributed by atoms with Gasteiger partial charge in [-0.25, -0.2) is 13.2 Å². The number of hydrogen-bond donors (Lipinski definition) is 1. The molecule has 6 nitrogen and oxygen atoms in total. The summed E-state index contributed by atoms with van der Waals surface area (Å²) < 4.78 is 34.1. The molecule has 0 saturated heterocycles. The lowest BCUT2D eigenvalue weighted by molar-refractivity contribution is 0.0665. The van der Waals surface area contributed by atoms with E-state index >= 15 is 0 Å². The number of anilines is 1. The van der Waals surface area contributed by atoms with Gasteiger partial charge in [-0.15, -0.1) is 0 Å². The van der Waals surface area contributed by atoms with Crippen LogP contribution in [0, 0.1) is 0 Å². The van der Waals surface area contributed by atoms with E-state index in [4.69, 9.17) is 16.0 Å². The highest BCUT2D eigenvalue weighted by Crippen LogP contribution is 2.31. The molecule has 0 aliphatic rings. The molecule has 0 spiro atoms. The minimum atomic E-state index is -3.98. The zero-order chi connectivity index (χ0) is 25.3. The molecule has 180 valence electrons. The van der Waals surface area contributed by atoms with Crippen LogP contribution >= 0.6 is 11.6 Å². The maximum absolute atomic E-state index is 13.8. The zero-order valence-electron chi connectivity index (χ0n) is 18.8. The fourth-order valence-corrected chi connectivity index (χ4v) is 5.51. The van der Waals surface area contributed by atoms with Crippen LogP contribution in [0.25, 0.3) is 22.1 Å². The zero-order valence-corrected chi connectivity index (χ0v) is 20.4. The average Bonchev–Trinajstić information content (AvgIpc) is 3.32. The molecular weight excluding hydrogens is 498 g/mol. The molecule has 8 heteroatoms. The van der Waals surface area contributed by atoms with E-state index in [9.17, 15) is 18.3 Å². The number of sulfonamides is 1. The summed E-state index contributed by atoms with van der Waals surface area (Å²) in [6.07, 6.45) is 0. The van der Waals surface area contributed by atoms with Crippen molar-refractivity contribution in [1.82, 2.24) is 0 Å². The van der Waals surface area contributed by atoms with Crippen LogP contribution in [-0.4, -0.2) is 19.5 Å². The van der Waals surface area contributed by atoms with Crippen LogP contribution in [0.4, 0.5) is 5.69 Å². The van der Waals surface area contributed by atoms with Crippen LogP contribution < -0.4 is 4.31 Å². The van der Waals surface area contributed by atoms with E-state index in [0.29, 0.717) is 21.7 Å². The Kier molecular flexibility index (Phi) is 6.26. The van der Waals surface area contributed by atoms with Crippen LogP contribution in [0.5, 0.6) is 0 Å². The van der Waals surface area contributed by atoms with Crippen LogP contribution in [0.2, 0.25) is 5.02 Å². The lowest BCUT2D eigenvalue weighted by atomic mass is 10.0. The van der Waals surface area contributed by atoms with Gasteiger partial charge in [0, 0.05) is 10.4 Å². The number of halogens is 1. The van der Waals surface area contributed by atoms with Crippen molar-refractivity contribution in [3.8, 4) is 11.1 Å². The number of hydrogen-bond acceptors (Lipinski definition) is 4. The lowest BCUT2D eigenvalue weighted by Crippen LogP contribution is -2.30. The number of carboxylic acids is 1. The van der Waals surface area contributed by atoms with Crippen molar-refractivity contribution in [3.05, 3.63) is 119 Å². The second kappa shape index (κ2) is 9.53. The molecule has 36 heavy (non-hydrogen) atoms. The van der Waals surface area contributed by atoms with E-state index in [2.05, 4.69) is 0 Å². The van der Waals surface area contributed by atoms with Gasteiger partial charge in [0.05, 0.1) is 17.1 Å². The van der Waals surface area contributed by atoms with Gasteiger partial charge in [0.15, 0.2) is 0 Å². The SMILES string of the molecule is O=C(O)c1cc2cc(N(Cc3ccc(-c4ccccc4)cc3)S(=O)(=O)c3ccc(Cl)cc3)ccc2o1. The highest BCUT2D eigenvalue weighted by atomic mass is 35.5. The maximum atomic E-state index is 13.8. The van der Waals surface area contributed by atoms with Gasteiger partial charge in [-0.2, -0.15) is 0 Å².